The van der Waals surface area contributed by atoms with Crippen LogP contribution in [0.2, 0.25) is 0 Å². The fourth-order valence-corrected chi connectivity index (χ4v) is 3.64. The first-order valence-corrected chi connectivity index (χ1v) is 8.04. The molecule has 4 rings (SSSR count). The number of hydrogen-bond acceptors (Lipinski definition) is 4. The van der Waals surface area contributed by atoms with Crippen molar-refractivity contribution in [2.75, 3.05) is 6.54 Å². The van der Waals surface area contributed by atoms with Crippen molar-refractivity contribution in [2.45, 2.75) is 31.7 Å². The molecule has 3 atom stereocenters. The summed E-state index contributed by atoms with van der Waals surface area (Å²) in [4.78, 5) is 20.3. The third kappa shape index (κ3) is 2.20. The van der Waals surface area contributed by atoms with Crippen LogP contribution in [0.15, 0.2) is 36.5 Å². The SMILES string of the molecule is CC(O)[C@@H]1c2c(cnn2C)[C@@H]2CN1C(=O)N2OCc1ccccc1. The summed E-state index contributed by atoms with van der Waals surface area (Å²) in [5, 5.41) is 15.9. The van der Waals surface area contributed by atoms with Gasteiger partial charge in [-0.15, -0.1) is 0 Å². The van der Waals surface area contributed by atoms with Gasteiger partial charge < -0.3 is 10.0 Å². The lowest BCUT2D eigenvalue weighted by Crippen LogP contribution is -2.40. The molecule has 24 heavy (non-hydrogen) atoms. The number of benzene rings is 1. The van der Waals surface area contributed by atoms with Crippen LogP contribution in [0.4, 0.5) is 4.79 Å². The highest BCUT2D eigenvalue weighted by Crippen LogP contribution is 2.44. The summed E-state index contributed by atoms with van der Waals surface area (Å²) in [7, 11) is 1.83. The second-order valence-electron chi connectivity index (χ2n) is 6.33. The zero-order valence-corrected chi connectivity index (χ0v) is 13.7. The minimum atomic E-state index is -0.682. The third-order valence-electron chi connectivity index (χ3n) is 4.75. The number of aliphatic hydroxyl groups excluding tert-OH is 1. The molecule has 1 saturated heterocycles. The summed E-state index contributed by atoms with van der Waals surface area (Å²) < 4.78 is 1.74. The lowest BCUT2D eigenvalue weighted by Gasteiger charge is -2.32. The first-order chi connectivity index (χ1) is 11.6. The van der Waals surface area contributed by atoms with Crippen LogP contribution in [0.1, 0.15) is 35.8 Å². The molecule has 7 heteroatoms. The van der Waals surface area contributed by atoms with Gasteiger partial charge in [-0.05, 0) is 12.5 Å². The van der Waals surface area contributed by atoms with Crippen LogP contribution >= 0.6 is 0 Å². The van der Waals surface area contributed by atoms with Crippen molar-refractivity contribution in [3.8, 4) is 0 Å². The van der Waals surface area contributed by atoms with Crippen LogP contribution in [0.3, 0.4) is 0 Å². The second kappa shape index (κ2) is 5.61. The lowest BCUT2D eigenvalue weighted by atomic mass is 9.95. The minimum Gasteiger partial charge on any atom is -0.391 e. The van der Waals surface area contributed by atoms with E-state index in [0.29, 0.717) is 13.2 Å². The lowest BCUT2D eigenvalue weighted by molar-refractivity contribution is -0.141. The molecular formula is C17H20N4O3. The highest BCUT2D eigenvalue weighted by molar-refractivity contribution is 5.78. The average molecular weight is 328 g/mol. The van der Waals surface area contributed by atoms with Crippen molar-refractivity contribution in [1.82, 2.24) is 19.7 Å². The monoisotopic (exact) mass is 328 g/mol. The molecule has 1 aromatic carbocycles. The molecule has 3 heterocycles. The number of aliphatic hydroxyl groups is 1. The average Bonchev–Trinajstić information content (AvgIpc) is 3.08. The molecule has 0 radical (unpaired) electrons. The van der Waals surface area contributed by atoms with Crippen LogP contribution in [0, 0.1) is 0 Å². The number of rotatable bonds is 4. The van der Waals surface area contributed by atoms with Crippen LogP contribution in [0.5, 0.6) is 0 Å². The summed E-state index contributed by atoms with van der Waals surface area (Å²) in [6, 6.07) is 8.93. The molecule has 0 aliphatic carbocycles. The van der Waals surface area contributed by atoms with E-state index in [4.69, 9.17) is 4.84 Å². The van der Waals surface area contributed by atoms with E-state index in [1.54, 1.807) is 22.7 Å². The van der Waals surface area contributed by atoms with Gasteiger partial charge in [-0.1, -0.05) is 30.3 Å². The molecule has 1 N–H and O–H groups in total. The number of carbonyl (C=O) groups is 1. The maximum Gasteiger partial charge on any atom is 0.345 e. The Morgan fingerprint density at radius 1 is 1.38 bits per heavy atom. The van der Waals surface area contributed by atoms with E-state index in [1.807, 2.05) is 37.4 Å². The first-order valence-electron chi connectivity index (χ1n) is 8.04. The number of aryl methyl sites for hydroxylation is 1. The Bertz CT molecular complexity index is 758. The number of nitrogens with zero attached hydrogens (tertiary/aromatic N) is 4. The Hall–Kier alpha value is -2.38. The molecule has 2 aliphatic heterocycles. The van der Waals surface area contributed by atoms with Crippen LogP contribution < -0.4 is 0 Å². The van der Waals surface area contributed by atoms with Gasteiger partial charge in [0.05, 0.1) is 24.5 Å². The van der Waals surface area contributed by atoms with Gasteiger partial charge in [-0.3, -0.25) is 9.52 Å². The van der Waals surface area contributed by atoms with E-state index in [2.05, 4.69) is 5.10 Å². The quantitative estimate of drug-likeness (QED) is 0.928. The van der Waals surface area contributed by atoms with Crippen molar-refractivity contribution < 1.29 is 14.7 Å². The fraction of sp³-hybridized carbons (Fsp3) is 0.412. The Labute approximate surface area is 140 Å². The number of fused-ring (bicyclic) bond motifs is 4. The van der Waals surface area contributed by atoms with Gasteiger partial charge in [0.2, 0.25) is 0 Å². The Balaban J connectivity index is 1.64. The van der Waals surface area contributed by atoms with Gasteiger partial charge in [0.15, 0.2) is 0 Å². The van der Waals surface area contributed by atoms with E-state index in [-0.39, 0.29) is 12.1 Å². The van der Waals surface area contributed by atoms with E-state index >= 15 is 0 Å². The van der Waals surface area contributed by atoms with Crippen molar-refractivity contribution in [2.24, 2.45) is 7.05 Å². The molecule has 2 aromatic rings. The Morgan fingerprint density at radius 3 is 2.83 bits per heavy atom. The largest absolute Gasteiger partial charge is 0.391 e. The number of hydroxylamine groups is 2. The van der Waals surface area contributed by atoms with Crippen molar-refractivity contribution in [1.29, 1.82) is 0 Å². The maximum atomic E-state index is 12.8. The predicted octanol–water partition coefficient (Wildman–Crippen LogP) is 1.77. The van der Waals surface area contributed by atoms with E-state index in [9.17, 15) is 9.90 Å². The van der Waals surface area contributed by atoms with Gasteiger partial charge in [0.1, 0.15) is 18.7 Å². The molecule has 2 amide bonds. The Kier molecular flexibility index (Phi) is 3.54. The van der Waals surface area contributed by atoms with E-state index < -0.39 is 12.1 Å². The smallest absolute Gasteiger partial charge is 0.345 e. The number of amides is 2. The highest BCUT2D eigenvalue weighted by atomic mass is 16.7. The van der Waals surface area contributed by atoms with Gasteiger partial charge in [-0.25, -0.2) is 4.79 Å². The summed E-state index contributed by atoms with van der Waals surface area (Å²) in [6.45, 7) is 2.52. The van der Waals surface area contributed by atoms with Gasteiger partial charge in [0, 0.05) is 12.6 Å². The second-order valence-corrected chi connectivity index (χ2v) is 6.33. The highest BCUT2D eigenvalue weighted by Gasteiger charge is 2.51. The van der Waals surface area contributed by atoms with E-state index in [0.717, 1.165) is 16.8 Å². The van der Waals surface area contributed by atoms with Crippen molar-refractivity contribution in [3.05, 3.63) is 53.3 Å². The fourth-order valence-electron chi connectivity index (χ4n) is 3.64. The molecule has 0 saturated carbocycles. The topological polar surface area (TPSA) is 70.8 Å². The maximum absolute atomic E-state index is 12.8. The predicted molar refractivity (Wildman–Crippen MR) is 85.5 cm³/mol. The molecule has 1 unspecified atom stereocenters. The summed E-state index contributed by atoms with van der Waals surface area (Å²) in [6.07, 6.45) is 1.09. The van der Waals surface area contributed by atoms with E-state index in [1.165, 1.54) is 5.06 Å². The molecular weight excluding hydrogens is 308 g/mol. The number of carbonyl (C=O) groups excluding carboxylic acids is 1. The number of aromatic nitrogens is 2. The number of hydrogen-bond donors (Lipinski definition) is 1. The molecule has 2 aliphatic rings. The van der Waals surface area contributed by atoms with Gasteiger partial charge in [0.25, 0.3) is 0 Å². The molecule has 126 valence electrons. The summed E-state index contributed by atoms with van der Waals surface area (Å²) >= 11 is 0. The molecule has 1 aromatic heterocycles. The van der Waals surface area contributed by atoms with Crippen LogP contribution in [-0.4, -0.2) is 43.5 Å². The molecule has 7 nitrogen and oxygen atoms in total. The zero-order chi connectivity index (χ0) is 16.8. The third-order valence-corrected chi connectivity index (χ3v) is 4.75. The first kappa shape index (κ1) is 15.2. The molecule has 0 spiro atoms. The normalized spacial score (nSPS) is 23.5. The standard InChI is InChI=1S/C17H20N4O3/c1-11(22)15-16-13(8-18-19(16)2)14-9-20(15)17(23)21(14)24-10-12-6-4-3-5-7-12/h3-8,11,14-15,22H,9-10H2,1-2H3/t11?,14-,15+/m0/s1. The van der Waals surface area contributed by atoms with Crippen molar-refractivity contribution in [3.63, 3.8) is 0 Å². The van der Waals surface area contributed by atoms with Crippen LogP contribution in [-0.2, 0) is 18.5 Å². The van der Waals surface area contributed by atoms with Crippen molar-refractivity contribution >= 4 is 6.03 Å². The van der Waals surface area contributed by atoms with Gasteiger partial charge >= 0.3 is 6.03 Å². The molecule has 2 bridgehead atoms. The summed E-state index contributed by atoms with van der Waals surface area (Å²) in [5.41, 5.74) is 2.82. The minimum absolute atomic E-state index is 0.195. The summed E-state index contributed by atoms with van der Waals surface area (Å²) in [5.74, 6) is 0. The number of urea groups is 1. The van der Waals surface area contributed by atoms with Crippen LogP contribution in [0.25, 0.3) is 0 Å². The Morgan fingerprint density at radius 2 is 2.12 bits per heavy atom. The zero-order valence-electron chi connectivity index (χ0n) is 13.7. The van der Waals surface area contributed by atoms with Gasteiger partial charge in [-0.2, -0.15) is 10.2 Å². The molecule has 1 fully saturated rings.